The van der Waals surface area contributed by atoms with Gasteiger partial charge in [0.15, 0.2) is 11.0 Å². The summed E-state index contributed by atoms with van der Waals surface area (Å²) in [4.78, 5) is 14.0. The van der Waals surface area contributed by atoms with Crippen molar-refractivity contribution < 1.29 is 4.74 Å². The van der Waals surface area contributed by atoms with Crippen LogP contribution in [0.1, 0.15) is 24.1 Å². The monoisotopic (exact) mass is 318 g/mol. The fourth-order valence-corrected chi connectivity index (χ4v) is 2.22. The first-order valence-electron chi connectivity index (χ1n) is 6.44. The standard InChI is InChI=1S/C14H15ClN6O/c1-8(9-5-4-6-18-12(9)17)21(2)13-10(7-16)11(15)19-14(20-13)22-3/h4-6,8H,1-3H3,(H2,17,18). The number of aromatic nitrogens is 3. The van der Waals surface area contributed by atoms with Crippen LogP contribution in [0.3, 0.4) is 0 Å². The quantitative estimate of drug-likeness (QED) is 0.862. The molecule has 0 saturated carbocycles. The fourth-order valence-electron chi connectivity index (χ4n) is 2.02. The van der Waals surface area contributed by atoms with Crippen molar-refractivity contribution in [3.05, 3.63) is 34.6 Å². The van der Waals surface area contributed by atoms with Crippen LogP contribution in [0.25, 0.3) is 0 Å². The second kappa shape index (κ2) is 6.45. The molecule has 2 N–H and O–H groups in total. The smallest absolute Gasteiger partial charge is 0.319 e. The minimum absolute atomic E-state index is 0.0440. The van der Waals surface area contributed by atoms with Crippen LogP contribution in [0.15, 0.2) is 18.3 Å². The Morgan fingerprint density at radius 1 is 1.45 bits per heavy atom. The topological polar surface area (TPSA) is 101 Å². The number of nitriles is 1. The molecule has 0 aliphatic rings. The molecular formula is C14H15ClN6O. The van der Waals surface area contributed by atoms with Gasteiger partial charge in [0.25, 0.3) is 0 Å². The zero-order valence-corrected chi connectivity index (χ0v) is 13.2. The third-order valence-corrected chi connectivity index (χ3v) is 3.63. The second-order valence-corrected chi connectivity index (χ2v) is 4.93. The van der Waals surface area contributed by atoms with Crippen molar-refractivity contribution in [3.8, 4) is 12.1 Å². The minimum Gasteiger partial charge on any atom is -0.467 e. The summed E-state index contributed by atoms with van der Waals surface area (Å²) in [6, 6.07) is 5.61. The Hall–Kier alpha value is -2.59. The Morgan fingerprint density at radius 2 is 2.18 bits per heavy atom. The van der Waals surface area contributed by atoms with Crippen LogP contribution in [-0.4, -0.2) is 29.1 Å². The molecule has 2 aromatic rings. The molecule has 0 aliphatic carbocycles. The summed E-state index contributed by atoms with van der Waals surface area (Å²) >= 11 is 6.02. The van der Waals surface area contributed by atoms with Crippen molar-refractivity contribution in [1.29, 1.82) is 5.26 Å². The lowest BCUT2D eigenvalue weighted by Crippen LogP contribution is -2.25. The zero-order valence-electron chi connectivity index (χ0n) is 12.4. The lowest BCUT2D eigenvalue weighted by Gasteiger charge is -2.27. The largest absolute Gasteiger partial charge is 0.467 e. The molecule has 2 rings (SSSR count). The van der Waals surface area contributed by atoms with E-state index in [0.717, 1.165) is 5.56 Å². The molecule has 0 saturated heterocycles. The van der Waals surface area contributed by atoms with Gasteiger partial charge in [-0.05, 0) is 13.0 Å². The first kappa shape index (κ1) is 15.8. The highest BCUT2D eigenvalue weighted by molar-refractivity contribution is 6.30. The van der Waals surface area contributed by atoms with Gasteiger partial charge < -0.3 is 15.4 Å². The molecule has 1 atom stereocenters. The molecule has 2 heterocycles. The molecule has 2 aromatic heterocycles. The van der Waals surface area contributed by atoms with Crippen molar-refractivity contribution >= 4 is 23.2 Å². The highest BCUT2D eigenvalue weighted by Crippen LogP contribution is 2.32. The lowest BCUT2D eigenvalue weighted by atomic mass is 10.1. The molecule has 0 aliphatic heterocycles. The molecule has 0 bridgehead atoms. The van der Waals surface area contributed by atoms with Crippen LogP contribution < -0.4 is 15.4 Å². The highest BCUT2D eigenvalue weighted by atomic mass is 35.5. The maximum Gasteiger partial charge on any atom is 0.319 e. The predicted molar refractivity (Wildman–Crippen MR) is 83.8 cm³/mol. The van der Waals surface area contributed by atoms with Crippen LogP contribution in [0.4, 0.5) is 11.6 Å². The maximum absolute atomic E-state index is 9.30. The normalized spacial score (nSPS) is 11.6. The van der Waals surface area contributed by atoms with Crippen LogP contribution in [0, 0.1) is 11.3 Å². The van der Waals surface area contributed by atoms with Gasteiger partial charge in [0.1, 0.15) is 17.5 Å². The summed E-state index contributed by atoms with van der Waals surface area (Å²) in [7, 11) is 3.22. The van der Waals surface area contributed by atoms with E-state index < -0.39 is 0 Å². The van der Waals surface area contributed by atoms with Crippen molar-refractivity contribution in [2.24, 2.45) is 0 Å². The third kappa shape index (κ3) is 2.87. The number of anilines is 2. The van der Waals surface area contributed by atoms with E-state index in [-0.39, 0.29) is 22.8 Å². The molecule has 8 heteroatoms. The van der Waals surface area contributed by atoms with Gasteiger partial charge in [-0.3, -0.25) is 0 Å². The van der Waals surface area contributed by atoms with E-state index in [1.54, 1.807) is 24.2 Å². The van der Waals surface area contributed by atoms with Gasteiger partial charge in [-0.2, -0.15) is 15.2 Å². The number of methoxy groups -OCH3 is 1. The number of nitrogens with two attached hydrogens (primary N) is 1. The van der Waals surface area contributed by atoms with Crippen LogP contribution in [0.2, 0.25) is 5.15 Å². The van der Waals surface area contributed by atoms with Gasteiger partial charge in [-0.1, -0.05) is 17.7 Å². The predicted octanol–water partition coefficient (Wildman–Crippen LogP) is 2.18. The molecule has 114 valence electrons. The maximum atomic E-state index is 9.30. The van der Waals surface area contributed by atoms with Gasteiger partial charge in [0.05, 0.1) is 13.2 Å². The van der Waals surface area contributed by atoms with Gasteiger partial charge in [-0.15, -0.1) is 0 Å². The summed E-state index contributed by atoms with van der Waals surface area (Å²) in [5.41, 5.74) is 6.91. The highest BCUT2D eigenvalue weighted by Gasteiger charge is 2.22. The number of pyridine rings is 1. The summed E-state index contributed by atoms with van der Waals surface area (Å²) in [5, 5.41) is 9.34. The molecule has 0 amide bonds. The van der Waals surface area contributed by atoms with E-state index in [1.807, 2.05) is 19.1 Å². The van der Waals surface area contributed by atoms with Gasteiger partial charge >= 0.3 is 6.01 Å². The Bertz CT molecular complexity index is 730. The zero-order chi connectivity index (χ0) is 16.3. The van der Waals surface area contributed by atoms with E-state index in [9.17, 15) is 5.26 Å². The molecule has 0 fully saturated rings. The van der Waals surface area contributed by atoms with Gasteiger partial charge in [0, 0.05) is 18.8 Å². The van der Waals surface area contributed by atoms with E-state index in [1.165, 1.54) is 7.11 Å². The first-order valence-corrected chi connectivity index (χ1v) is 6.82. The second-order valence-electron chi connectivity index (χ2n) is 4.58. The summed E-state index contributed by atoms with van der Waals surface area (Å²) < 4.78 is 5.01. The SMILES string of the molecule is COc1nc(Cl)c(C#N)c(N(C)C(C)c2cccnc2N)n1. The first-order chi connectivity index (χ1) is 10.5. The van der Waals surface area contributed by atoms with Gasteiger partial charge in [0.2, 0.25) is 0 Å². The third-order valence-electron chi connectivity index (χ3n) is 3.36. The van der Waals surface area contributed by atoms with Crippen molar-refractivity contribution in [1.82, 2.24) is 15.0 Å². The number of halogens is 1. The number of hydrogen-bond acceptors (Lipinski definition) is 7. The summed E-state index contributed by atoms with van der Waals surface area (Å²) in [5.74, 6) is 0.794. The number of rotatable bonds is 4. The minimum atomic E-state index is -0.170. The summed E-state index contributed by atoms with van der Waals surface area (Å²) in [6.45, 7) is 1.93. The van der Waals surface area contributed by atoms with Crippen LogP contribution in [0.5, 0.6) is 6.01 Å². The number of hydrogen-bond donors (Lipinski definition) is 1. The van der Waals surface area contributed by atoms with Crippen molar-refractivity contribution in [3.63, 3.8) is 0 Å². The molecule has 0 radical (unpaired) electrons. The molecule has 22 heavy (non-hydrogen) atoms. The number of ether oxygens (including phenoxy) is 1. The van der Waals surface area contributed by atoms with Crippen LogP contribution in [-0.2, 0) is 0 Å². The lowest BCUT2D eigenvalue weighted by molar-refractivity contribution is 0.379. The Kier molecular flexibility index (Phi) is 4.63. The number of nitrogen functional groups attached to an aromatic ring is 1. The van der Waals surface area contributed by atoms with E-state index >= 15 is 0 Å². The molecule has 0 aromatic carbocycles. The van der Waals surface area contributed by atoms with Gasteiger partial charge in [-0.25, -0.2) is 4.98 Å². The fraction of sp³-hybridized carbons (Fsp3) is 0.286. The van der Waals surface area contributed by atoms with Crippen LogP contribution >= 0.6 is 11.6 Å². The molecule has 7 nitrogen and oxygen atoms in total. The number of nitrogens with zero attached hydrogens (tertiary/aromatic N) is 5. The van der Waals surface area contributed by atoms with Crippen molar-refractivity contribution in [2.45, 2.75) is 13.0 Å². The average Bonchev–Trinajstić information content (AvgIpc) is 2.53. The van der Waals surface area contributed by atoms with E-state index in [4.69, 9.17) is 22.1 Å². The molecule has 0 spiro atoms. The van der Waals surface area contributed by atoms with Crippen molar-refractivity contribution in [2.75, 3.05) is 24.8 Å². The average molecular weight is 319 g/mol. The molecule has 1 unspecified atom stereocenters. The summed E-state index contributed by atoms with van der Waals surface area (Å²) in [6.07, 6.45) is 1.62. The Balaban J connectivity index is 2.49. The van der Waals surface area contributed by atoms with E-state index in [2.05, 4.69) is 15.0 Å². The van der Waals surface area contributed by atoms with E-state index in [0.29, 0.717) is 11.6 Å². The Morgan fingerprint density at radius 3 is 2.77 bits per heavy atom. The Labute approximate surface area is 133 Å². The molecular weight excluding hydrogens is 304 g/mol.